The molecule has 1 N–H and O–H groups in total. The van der Waals surface area contributed by atoms with Gasteiger partial charge in [0.05, 0.1) is 13.2 Å². The molecule has 2 aromatic rings. The van der Waals surface area contributed by atoms with E-state index in [0.717, 1.165) is 4.90 Å². The van der Waals surface area contributed by atoms with Crippen molar-refractivity contribution in [2.45, 2.75) is 17.9 Å². The molecule has 2 rings (SSSR count). The number of rotatable bonds is 5. The van der Waals surface area contributed by atoms with E-state index in [2.05, 4.69) is 0 Å². The first-order valence-electron chi connectivity index (χ1n) is 6.31. The summed E-state index contributed by atoms with van der Waals surface area (Å²) in [6.07, 6.45) is -0.707. The molecule has 0 bridgehead atoms. The lowest BCUT2D eigenvalue weighted by Gasteiger charge is -2.12. The zero-order valence-electron chi connectivity index (χ0n) is 11.5. The molecule has 0 heterocycles. The minimum atomic E-state index is -0.707. The average Bonchev–Trinajstić information content (AvgIpc) is 2.46. The molecule has 0 spiro atoms. The normalized spacial score (nSPS) is 12.2. The summed E-state index contributed by atoms with van der Waals surface area (Å²) in [6, 6.07) is 12.6. The Hall–Kier alpha value is -1.52. The van der Waals surface area contributed by atoms with E-state index in [9.17, 15) is 9.50 Å². The van der Waals surface area contributed by atoms with Crippen LogP contribution in [-0.2, 0) is 0 Å². The molecular formula is C16H17FO2S. The van der Waals surface area contributed by atoms with Crippen LogP contribution < -0.4 is 4.74 Å². The largest absolute Gasteiger partial charge is 0.494 e. The van der Waals surface area contributed by atoms with Crippen LogP contribution >= 0.6 is 11.8 Å². The van der Waals surface area contributed by atoms with Gasteiger partial charge < -0.3 is 9.84 Å². The van der Waals surface area contributed by atoms with Crippen molar-refractivity contribution >= 4 is 11.8 Å². The van der Waals surface area contributed by atoms with Crippen molar-refractivity contribution in [1.29, 1.82) is 0 Å². The third kappa shape index (κ3) is 3.74. The number of ether oxygens (including phenoxy) is 1. The summed E-state index contributed by atoms with van der Waals surface area (Å²) in [7, 11) is 1.42. The number of aryl methyl sites for hydroxylation is 1. The van der Waals surface area contributed by atoms with Gasteiger partial charge in [-0.15, -0.1) is 11.8 Å². The number of hydrogen-bond acceptors (Lipinski definition) is 3. The van der Waals surface area contributed by atoms with Crippen molar-refractivity contribution in [3.05, 3.63) is 59.4 Å². The Morgan fingerprint density at radius 3 is 2.50 bits per heavy atom. The van der Waals surface area contributed by atoms with Crippen molar-refractivity contribution < 1.29 is 14.2 Å². The van der Waals surface area contributed by atoms with Gasteiger partial charge in [-0.05, 0) is 36.8 Å². The van der Waals surface area contributed by atoms with Gasteiger partial charge in [0.2, 0.25) is 0 Å². The third-order valence-corrected chi connectivity index (χ3v) is 4.08. The molecule has 0 saturated carbocycles. The van der Waals surface area contributed by atoms with Crippen LogP contribution in [0.15, 0.2) is 47.4 Å². The summed E-state index contributed by atoms with van der Waals surface area (Å²) in [5.74, 6) is 0.214. The molecule has 0 fully saturated rings. The highest BCUT2D eigenvalue weighted by Crippen LogP contribution is 2.27. The number of hydrogen-bond donors (Lipinski definition) is 1. The van der Waals surface area contributed by atoms with Crippen LogP contribution in [0.3, 0.4) is 0 Å². The van der Waals surface area contributed by atoms with Crippen LogP contribution in [-0.4, -0.2) is 18.0 Å². The summed E-state index contributed by atoms with van der Waals surface area (Å²) >= 11 is 1.54. The van der Waals surface area contributed by atoms with Gasteiger partial charge in [-0.1, -0.05) is 23.8 Å². The number of aliphatic hydroxyl groups is 1. The zero-order valence-corrected chi connectivity index (χ0v) is 12.3. The van der Waals surface area contributed by atoms with E-state index in [-0.39, 0.29) is 5.75 Å². The minimum absolute atomic E-state index is 0.187. The van der Waals surface area contributed by atoms with Gasteiger partial charge in [-0.3, -0.25) is 0 Å². The maximum Gasteiger partial charge on any atom is 0.165 e. The van der Waals surface area contributed by atoms with E-state index in [1.165, 1.54) is 24.8 Å². The van der Waals surface area contributed by atoms with E-state index in [4.69, 9.17) is 4.74 Å². The molecule has 0 aliphatic heterocycles. The standard InChI is InChI=1S/C16H17FO2S/c1-11-3-6-13(7-4-11)20-10-15(18)12-5-8-16(19-2)14(17)9-12/h3-9,15,18H,10H2,1-2H3. The summed E-state index contributed by atoms with van der Waals surface area (Å²) in [6.45, 7) is 2.03. The molecule has 0 radical (unpaired) electrons. The Kier molecular flexibility index (Phi) is 5.04. The van der Waals surface area contributed by atoms with Crippen LogP contribution in [0.1, 0.15) is 17.2 Å². The van der Waals surface area contributed by atoms with Gasteiger partial charge >= 0.3 is 0 Å². The summed E-state index contributed by atoms with van der Waals surface area (Å²) in [5, 5.41) is 10.1. The van der Waals surface area contributed by atoms with Crippen molar-refractivity contribution in [3.63, 3.8) is 0 Å². The fourth-order valence-corrected chi connectivity index (χ4v) is 2.67. The summed E-state index contributed by atoms with van der Waals surface area (Å²) in [4.78, 5) is 1.09. The molecule has 1 atom stereocenters. The monoisotopic (exact) mass is 292 g/mol. The van der Waals surface area contributed by atoms with Gasteiger partial charge in [0.15, 0.2) is 11.6 Å². The Bertz CT molecular complexity index is 569. The lowest BCUT2D eigenvalue weighted by molar-refractivity contribution is 0.203. The van der Waals surface area contributed by atoms with Crippen LogP contribution in [0.25, 0.3) is 0 Å². The predicted octanol–water partition coefficient (Wildman–Crippen LogP) is 3.97. The van der Waals surface area contributed by atoms with E-state index in [1.807, 2.05) is 31.2 Å². The number of thioether (sulfide) groups is 1. The van der Waals surface area contributed by atoms with Gasteiger partial charge in [0.25, 0.3) is 0 Å². The fourth-order valence-electron chi connectivity index (χ4n) is 1.80. The second-order valence-corrected chi connectivity index (χ2v) is 5.63. The molecule has 0 aliphatic carbocycles. The molecule has 106 valence electrons. The smallest absolute Gasteiger partial charge is 0.165 e. The lowest BCUT2D eigenvalue weighted by atomic mass is 10.1. The number of benzene rings is 2. The molecule has 20 heavy (non-hydrogen) atoms. The minimum Gasteiger partial charge on any atom is -0.494 e. The third-order valence-electron chi connectivity index (χ3n) is 2.99. The van der Waals surface area contributed by atoms with E-state index in [1.54, 1.807) is 17.8 Å². The molecule has 2 aromatic carbocycles. The highest BCUT2D eigenvalue weighted by atomic mass is 32.2. The Balaban J connectivity index is 1.99. The summed E-state index contributed by atoms with van der Waals surface area (Å²) < 4.78 is 18.4. The topological polar surface area (TPSA) is 29.5 Å². The Labute approximate surface area is 122 Å². The van der Waals surface area contributed by atoms with Crippen LogP contribution in [0, 0.1) is 12.7 Å². The molecule has 4 heteroatoms. The van der Waals surface area contributed by atoms with Crippen LogP contribution in [0.2, 0.25) is 0 Å². The van der Waals surface area contributed by atoms with Gasteiger partial charge in [0, 0.05) is 10.6 Å². The first kappa shape index (κ1) is 14.9. The number of halogens is 1. The van der Waals surface area contributed by atoms with Crippen molar-refractivity contribution in [1.82, 2.24) is 0 Å². The maximum atomic E-state index is 13.6. The SMILES string of the molecule is COc1ccc(C(O)CSc2ccc(C)cc2)cc1F. The summed E-state index contributed by atoms with van der Waals surface area (Å²) in [5.41, 5.74) is 1.76. The highest BCUT2D eigenvalue weighted by Gasteiger charge is 2.11. The molecular weight excluding hydrogens is 275 g/mol. The van der Waals surface area contributed by atoms with Crippen LogP contribution in [0.5, 0.6) is 5.75 Å². The Morgan fingerprint density at radius 1 is 1.20 bits per heavy atom. The van der Waals surface area contributed by atoms with Crippen molar-refractivity contribution in [2.24, 2.45) is 0 Å². The van der Waals surface area contributed by atoms with Crippen molar-refractivity contribution in [2.75, 3.05) is 12.9 Å². The van der Waals surface area contributed by atoms with Crippen LogP contribution in [0.4, 0.5) is 4.39 Å². The number of methoxy groups -OCH3 is 1. The molecule has 0 saturated heterocycles. The average molecular weight is 292 g/mol. The van der Waals surface area contributed by atoms with Gasteiger partial charge in [-0.25, -0.2) is 4.39 Å². The quantitative estimate of drug-likeness (QED) is 0.846. The number of aliphatic hydroxyl groups excluding tert-OH is 1. The van der Waals surface area contributed by atoms with Gasteiger partial charge in [-0.2, -0.15) is 0 Å². The first-order chi connectivity index (χ1) is 9.60. The van der Waals surface area contributed by atoms with Crippen molar-refractivity contribution in [3.8, 4) is 5.75 Å². The lowest BCUT2D eigenvalue weighted by Crippen LogP contribution is -2.01. The molecule has 2 nitrogen and oxygen atoms in total. The second-order valence-electron chi connectivity index (χ2n) is 4.53. The molecule has 0 aromatic heterocycles. The molecule has 0 amide bonds. The van der Waals surface area contributed by atoms with Gasteiger partial charge in [0.1, 0.15) is 0 Å². The fraction of sp³-hybridized carbons (Fsp3) is 0.250. The Morgan fingerprint density at radius 2 is 1.90 bits per heavy atom. The second kappa shape index (κ2) is 6.77. The van der Waals surface area contributed by atoms with E-state index < -0.39 is 11.9 Å². The molecule has 1 unspecified atom stereocenters. The predicted molar refractivity (Wildman–Crippen MR) is 79.8 cm³/mol. The van der Waals surface area contributed by atoms with E-state index >= 15 is 0 Å². The van der Waals surface area contributed by atoms with E-state index in [0.29, 0.717) is 11.3 Å². The maximum absolute atomic E-state index is 13.6. The highest BCUT2D eigenvalue weighted by molar-refractivity contribution is 7.99. The zero-order chi connectivity index (χ0) is 14.5. The first-order valence-corrected chi connectivity index (χ1v) is 7.29. The molecule has 0 aliphatic rings.